The highest BCUT2D eigenvalue weighted by molar-refractivity contribution is 5.51. The van der Waals surface area contributed by atoms with Gasteiger partial charge in [0.15, 0.2) is 11.5 Å². The second-order valence-corrected chi connectivity index (χ2v) is 5.24. The van der Waals surface area contributed by atoms with Crippen molar-refractivity contribution in [2.45, 2.75) is 44.5 Å². The van der Waals surface area contributed by atoms with E-state index in [-0.39, 0.29) is 25.6 Å². The SMILES string of the molecule is COC1CCCC(Oc2cc3c(cc2CO)OCO3)C1. The Morgan fingerprint density at radius 3 is 2.70 bits per heavy atom. The van der Waals surface area contributed by atoms with Crippen LogP contribution in [0, 0.1) is 0 Å². The summed E-state index contributed by atoms with van der Waals surface area (Å²) in [6.07, 6.45) is 4.47. The molecule has 2 unspecified atom stereocenters. The molecule has 110 valence electrons. The van der Waals surface area contributed by atoms with E-state index in [1.165, 1.54) is 0 Å². The van der Waals surface area contributed by atoms with Crippen molar-refractivity contribution in [1.82, 2.24) is 0 Å². The highest BCUT2D eigenvalue weighted by Gasteiger charge is 2.25. The lowest BCUT2D eigenvalue weighted by Gasteiger charge is -2.29. The predicted octanol–water partition coefficient (Wildman–Crippen LogP) is 2.24. The summed E-state index contributed by atoms with van der Waals surface area (Å²) in [5, 5.41) is 9.48. The number of fused-ring (bicyclic) bond motifs is 1. The molecule has 0 bridgehead atoms. The van der Waals surface area contributed by atoms with E-state index < -0.39 is 0 Å². The van der Waals surface area contributed by atoms with Crippen LogP contribution < -0.4 is 14.2 Å². The van der Waals surface area contributed by atoms with Crippen molar-refractivity contribution >= 4 is 0 Å². The monoisotopic (exact) mass is 280 g/mol. The van der Waals surface area contributed by atoms with Gasteiger partial charge < -0.3 is 24.1 Å². The molecule has 1 aromatic carbocycles. The largest absolute Gasteiger partial charge is 0.490 e. The number of aliphatic hydroxyl groups excluding tert-OH is 1. The zero-order chi connectivity index (χ0) is 13.9. The van der Waals surface area contributed by atoms with Gasteiger partial charge in [0.1, 0.15) is 11.9 Å². The number of benzene rings is 1. The normalized spacial score (nSPS) is 24.7. The smallest absolute Gasteiger partial charge is 0.231 e. The Labute approximate surface area is 118 Å². The molecule has 1 aliphatic heterocycles. The van der Waals surface area contributed by atoms with Gasteiger partial charge in [0.25, 0.3) is 0 Å². The topological polar surface area (TPSA) is 57.2 Å². The van der Waals surface area contributed by atoms with Crippen LogP contribution in [0.3, 0.4) is 0 Å². The first kappa shape index (κ1) is 13.5. The van der Waals surface area contributed by atoms with Gasteiger partial charge in [0.2, 0.25) is 6.79 Å². The zero-order valence-electron chi connectivity index (χ0n) is 11.6. The standard InChI is InChI=1S/C15H20O5/c1-17-11-3-2-4-12(6-11)20-13-7-15-14(18-9-19-15)5-10(13)8-16/h5,7,11-12,16H,2-4,6,8-9H2,1H3. The summed E-state index contributed by atoms with van der Waals surface area (Å²) in [4.78, 5) is 0. The molecular weight excluding hydrogens is 260 g/mol. The van der Waals surface area contributed by atoms with Gasteiger partial charge in [0.05, 0.1) is 12.7 Å². The molecule has 1 fully saturated rings. The van der Waals surface area contributed by atoms with E-state index in [1.54, 1.807) is 13.2 Å². The molecule has 2 aliphatic rings. The number of aliphatic hydroxyl groups is 1. The van der Waals surface area contributed by atoms with Crippen LogP contribution in [0.5, 0.6) is 17.2 Å². The van der Waals surface area contributed by atoms with E-state index in [1.807, 2.05) is 6.07 Å². The molecule has 1 aromatic rings. The van der Waals surface area contributed by atoms with Crippen molar-refractivity contribution in [2.24, 2.45) is 0 Å². The molecule has 1 saturated carbocycles. The molecule has 0 amide bonds. The molecule has 1 heterocycles. The molecule has 0 saturated heterocycles. The van der Waals surface area contributed by atoms with Gasteiger partial charge in [-0.25, -0.2) is 0 Å². The number of rotatable bonds is 4. The summed E-state index contributed by atoms with van der Waals surface area (Å²) >= 11 is 0. The van der Waals surface area contributed by atoms with Gasteiger partial charge in [-0.3, -0.25) is 0 Å². The summed E-state index contributed by atoms with van der Waals surface area (Å²) in [7, 11) is 1.74. The average Bonchev–Trinajstić information content (AvgIpc) is 2.93. The van der Waals surface area contributed by atoms with Gasteiger partial charge in [0, 0.05) is 25.2 Å². The lowest BCUT2D eigenvalue weighted by molar-refractivity contribution is 0.0203. The summed E-state index contributed by atoms with van der Waals surface area (Å²) in [6, 6.07) is 3.60. The first-order valence-corrected chi connectivity index (χ1v) is 7.03. The van der Waals surface area contributed by atoms with Crippen molar-refractivity contribution in [3.63, 3.8) is 0 Å². The number of hydrogen-bond donors (Lipinski definition) is 1. The van der Waals surface area contributed by atoms with Crippen molar-refractivity contribution in [1.29, 1.82) is 0 Å². The Balaban J connectivity index is 1.76. The first-order chi connectivity index (χ1) is 9.80. The molecule has 5 nitrogen and oxygen atoms in total. The third-order valence-electron chi connectivity index (χ3n) is 3.93. The zero-order valence-corrected chi connectivity index (χ0v) is 11.6. The van der Waals surface area contributed by atoms with E-state index in [2.05, 4.69) is 0 Å². The maximum atomic E-state index is 9.48. The predicted molar refractivity (Wildman–Crippen MR) is 72.2 cm³/mol. The summed E-state index contributed by atoms with van der Waals surface area (Å²) in [6.45, 7) is 0.144. The number of ether oxygens (including phenoxy) is 4. The van der Waals surface area contributed by atoms with Crippen LogP contribution >= 0.6 is 0 Å². The molecule has 20 heavy (non-hydrogen) atoms. The molecule has 2 atom stereocenters. The van der Waals surface area contributed by atoms with Crippen LogP contribution in [0.1, 0.15) is 31.2 Å². The fourth-order valence-corrected chi connectivity index (χ4v) is 2.80. The highest BCUT2D eigenvalue weighted by Crippen LogP contribution is 2.39. The van der Waals surface area contributed by atoms with E-state index >= 15 is 0 Å². The molecule has 0 aromatic heterocycles. The lowest BCUT2D eigenvalue weighted by Crippen LogP contribution is -2.29. The van der Waals surface area contributed by atoms with Crippen molar-refractivity contribution in [2.75, 3.05) is 13.9 Å². The van der Waals surface area contributed by atoms with E-state index in [4.69, 9.17) is 18.9 Å². The van der Waals surface area contributed by atoms with Gasteiger partial charge >= 0.3 is 0 Å². The minimum absolute atomic E-state index is 0.0770. The molecule has 3 rings (SSSR count). The van der Waals surface area contributed by atoms with Crippen LogP contribution in [-0.4, -0.2) is 31.2 Å². The molecule has 5 heteroatoms. The average molecular weight is 280 g/mol. The van der Waals surface area contributed by atoms with Crippen molar-refractivity contribution in [3.8, 4) is 17.2 Å². The highest BCUT2D eigenvalue weighted by atomic mass is 16.7. The Morgan fingerprint density at radius 1 is 1.20 bits per heavy atom. The maximum Gasteiger partial charge on any atom is 0.231 e. The summed E-state index contributed by atoms with van der Waals surface area (Å²) in [5.74, 6) is 2.02. The second-order valence-electron chi connectivity index (χ2n) is 5.24. The third kappa shape index (κ3) is 2.69. The van der Waals surface area contributed by atoms with Gasteiger partial charge in [-0.1, -0.05) is 0 Å². The van der Waals surface area contributed by atoms with Crippen LogP contribution in [0.2, 0.25) is 0 Å². The van der Waals surface area contributed by atoms with Crippen LogP contribution in [0.15, 0.2) is 12.1 Å². The summed E-state index contributed by atoms with van der Waals surface area (Å²) in [5.41, 5.74) is 0.730. The minimum Gasteiger partial charge on any atom is -0.490 e. The van der Waals surface area contributed by atoms with Crippen molar-refractivity contribution < 1.29 is 24.1 Å². The molecule has 1 aliphatic carbocycles. The molecule has 1 N–H and O–H groups in total. The van der Waals surface area contributed by atoms with Gasteiger partial charge in [-0.15, -0.1) is 0 Å². The second kappa shape index (κ2) is 5.89. The Bertz CT molecular complexity index is 474. The molecular formula is C15H20O5. The van der Waals surface area contributed by atoms with Gasteiger partial charge in [-0.2, -0.15) is 0 Å². The quantitative estimate of drug-likeness (QED) is 0.916. The minimum atomic E-state index is -0.0770. The molecule has 0 spiro atoms. The number of hydrogen-bond acceptors (Lipinski definition) is 5. The van der Waals surface area contributed by atoms with Crippen molar-refractivity contribution in [3.05, 3.63) is 17.7 Å². The lowest BCUT2D eigenvalue weighted by atomic mass is 9.95. The number of methoxy groups -OCH3 is 1. The van der Waals surface area contributed by atoms with E-state index in [0.717, 1.165) is 31.2 Å². The summed E-state index contributed by atoms with van der Waals surface area (Å²) < 4.78 is 22.1. The fourth-order valence-electron chi connectivity index (χ4n) is 2.80. The van der Waals surface area contributed by atoms with Gasteiger partial charge in [-0.05, 0) is 25.3 Å². The van der Waals surface area contributed by atoms with Crippen LogP contribution in [0.25, 0.3) is 0 Å². The Morgan fingerprint density at radius 2 is 1.95 bits per heavy atom. The third-order valence-corrected chi connectivity index (χ3v) is 3.93. The van der Waals surface area contributed by atoms with E-state index in [9.17, 15) is 5.11 Å². The maximum absolute atomic E-state index is 9.48. The van der Waals surface area contributed by atoms with Crippen LogP contribution in [-0.2, 0) is 11.3 Å². The van der Waals surface area contributed by atoms with Crippen LogP contribution in [0.4, 0.5) is 0 Å². The Kier molecular flexibility index (Phi) is 3.98. The fraction of sp³-hybridized carbons (Fsp3) is 0.600. The molecule has 0 radical (unpaired) electrons. The van der Waals surface area contributed by atoms with E-state index in [0.29, 0.717) is 17.2 Å². The Hall–Kier alpha value is -1.46. The first-order valence-electron chi connectivity index (χ1n) is 7.03.